The van der Waals surface area contributed by atoms with E-state index in [0.29, 0.717) is 17.0 Å². The number of hydrogen-bond acceptors (Lipinski definition) is 4. The summed E-state index contributed by atoms with van der Waals surface area (Å²) in [6.45, 7) is 5.31. The second-order valence-corrected chi connectivity index (χ2v) is 8.77. The maximum Gasteiger partial charge on any atom is 0.303 e. The summed E-state index contributed by atoms with van der Waals surface area (Å²) in [6, 6.07) is 5.41. The predicted molar refractivity (Wildman–Crippen MR) is 108 cm³/mol. The van der Waals surface area contributed by atoms with Crippen LogP contribution in [0.2, 0.25) is 5.02 Å². The Balaban J connectivity index is 2.27. The van der Waals surface area contributed by atoms with E-state index in [4.69, 9.17) is 16.7 Å². The van der Waals surface area contributed by atoms with E-state index in [2.05, 4.69) is 5.32 Å². The van der Waals surface area contributed by atoms with E-state index in [-0.39, 0.29) is 35.1 Å². The average Bonchev–Trinajstić information content (AvgIpc) is 2.97. The first kappa shape index (κ1) is 22.0. The van der Waals surface area contributed by atoms with Crippen LogP contribution in [0.3, 0.4) is 0 Å². The molecule has 1 aromatic carbocycles. The predicted octanol–water partition coefficient (Wildman–Crippen LogP) is 5.16. The molecular weight excluding hydrogens is 405 g/mol. The van der Waals surface area contributed by atoms with Gasteiger partial charge in [-0.3, -0.25) is 14.4 Å². The molecule has 2 aromatic rings. The van der Waals surface area contributed by atoms with Gasteiger partial charge in [-0.15, -0.1) is 11.3 Å². The first-order valence-corrected chi connectivity index (χ1v) is 9.86. The number of anilines is 1. The van der Waals surface area contributed by atoms with Crippen molar-refractivity contribution in [1.29, 1.82) is 0 Å². The number of carboxylic acids is 1. The number of aryl methyl sites for hydroxylation is 1. The molecule has 0 saturated heterocycles. The van der Waals surface area contributed by atoms with Crippen molar-refractivity contribution in [3.05, 3.63) is 51.1 Å². The smallest absolute Gasteiger partial charge is 0.303 e. The van der Waals surface area contributed by atoms with Crippen LogP contribution < -0.4 is 5.32 Å². The molecule has 28 heavy (non-hydrogen) atoms. The molecule has 1 heterocycles. The summed E-state index contributed by atoms with van der Waals surface area (Å²) in [5.74, 6) is -2.35. The molecule has 0 fully saturated rings. The van der Waals surface area contributed by atoms with E-state index < -0.39 is 17.2 Å². The molecule has 1 aromatic heterocycles. The summed E-state index contributed by atoms with van der Waals surface area (Å²) in [5.41, 5.74) is -0.211. The summed E-state index contributed by atoms with van der Waals surface area (Å²) in [7, 11) is 0. The van der Waals surface area contributed by atoms with Gasteiger partial charge in [0.05, 0.1) is 17.0 Å². The summed E-state index contributed by atoms with van der Waals surface area (Å²) in [6.07, 6.45) is 0.523. The van der Waals surface area contributed by atoms with E-state index in [1.807, 2.05) is 6.92 Å². The van der Waals surface area contributed by atoms with Gasteiger partial charge in [-0.1, -0.05) is 32.4 Å². The second-order valence-electron chi connectivity index (χ2n) is 7.23. The highest BCUT2D eigenvalue weighted by molar-refractivity contribution is 7.16. The molecule has 0 unspecified atom stereocenters. The molecule has 0 spiro atoms. The largest absolute Gasteiger partial charge is 0.481 e. The van der Waals surface area contributed by atoms with Crippen molar-refractivity contribution < 1.29 is 23.9 Å². The highest BCUT2D eigenvalue weighted by atomic mass is 35.5. The summed E-state index contributed by atoms with van der Waals surface area (Å²) in [5, 5.41) is 11.9. The van der Waals surface area contributed by atoms with E-state index in [1.54, 1.807) is 19.9 Å². The van der Waals surface area contributed by atoms with Crippen LogP contribution in [-0.4, -0.2) is 22.8 Å². The van der Waals surface area contributed by atoms with Crippen molar-refractivity contribution in [3.63, 3.8) is 0 Å². The minimum absolute atomic E-state index is 0.00529. The van der Waals surface area contributed by atoms with Crippen LogP contribution in [0.5, 0.6) is 0 Å². The SMILES string of the molecule is CCc1cc(C(=O)c2ccc(F)c(Cl)c2)c(NC(=O)CC(C)(C)CC(=O)O)s1. The monoisotopic (exact) mass is 425 g/mol. The van der Waals surface area contributed by atoms with Gasteiger partial charge in [-0.25, -0.2) is 4.39 Å². The van der Waals surface area contributed by atoms with Crippen LogP contribution in [0.1, 0.15) is 54.4 Å². The molecule has 150 valence electrons. The highest BCUT2D eigenvalue weighted by Gasteiger charge is 2.27. The van der Waals surface area contributed by atoms with Gasteiger partial charge in [0.25, 0.3) is 0 Å². The maximum absolute atomic E-state index is 13.4. The number of carbonyl (C=O) groups is 3. The fourth-order valence-corrected chi connectivity index (χ4v) is 3.94. The van der Waals surface area contributed by atoms with Gasteiger partial charge < -0.3 is 10.4 Å². The molecule has 8 heteroatoms. The molecule has 1 amide bonds. The van der Waals surface area contributed by atoms with E-state index in [9.17, 15) is 18.8 Å². The lowest BCUT2D eigenvalue weighted by molar-refractivity contribution is -0.139. The van der Waals surface area contributed by atoms with Crippen molar-refractivity contribution in [1.82, 2.24) is 0 Å². The Morgan fingerprint density at radius 1 is 1.21 bits per heavy atom. The molecule has 2 rings (SSSR count). The quantitative estimate of drug-likeness (QED) is 0.572. The number of ketones is 1. The Morgan fingerprint density at radius 3 is 2.46 bits per heavy atom. The lowest BCUT2D eigenvalue weighted by Gasteiger charge is -2.21. The third-order valence-electron chi connectivity index (χ3n) is 4.08. The van der Waals surface area contributed by atoms with Crippen LogP contribution in [-0.2, 0) is 16.0 Å². The van der Waals surface area contributed by atoms with Gasteiger partial charge in [0, 0.05) is 16.9 Å². The second kappa shape index (κ2) is 8.84. The maximum atomic E-state index is 13.4. The topological polar surface area (TPSA) is 83.5 Å². The number of carbonyl (C=O) groups excluding carboxylic acids is 2. The van der Waals surface area contributed by atoms with Crippen molar-refractivity contribution in [2.45, 2.75) is 40.0 Å². The molecule has 0 aliphatic heterocycles. The zero-order chi connectivity index (χ0) is 21.1. The Hall–Kier alpha value is -2.25. The molecule has 0 radical (unpaired) electrons. The number of halogens is 2. The summed E-state index contributed by atoms with van der Waals surface area (Å²) < 4.78 is 13.4. The Kier molecular flexibility index (Phi) is 6.96. The zero-order valence-electron chi connectivity index (χ0n) is 15.8. The van der Waals surface area contributed by atoms with Crippen LogP contribution in [0.4, 0.5) is 9.39 Å². The Morgan fingerprint density at radius 2 is 1.89 bits per heavy atom. The van der Waals surface area contributed by atoms with Crippen LogP contribution >= 0.6 is 22.9 Å². The standard InChI is InChI=1S/C20H21ClFNO4S/c1-4-12-8-13(18(27)11-5-6-15(22)14(21)7-11)19(28-12)23-16(24)9-20(2,3)10-17(25)26/h5-8H,4,9-10H2,1-3H3,(H,23,24)(H,25,26). The normalized spacial score (nSPS) is 11.3. The Bertz CT molecular complexity index is 923. The van der Waals surface area contributed by atoms with E-state index in [1.165, 1.54) is 23.5 Å². The number of rotatable bonds is 8. The number of nitrogens with one attached hydrogen (secondary N) is 1. The first-order valence-electron chi connectivity index (χ1n) is 8.66. The van der Waals surface area contributed by atoms with Crippen LogP contribution in [0, 0.1) is 11.2 Å². The molecule has 0 aliphatic carbocycles. The molecule has 0 aliphatic rings. The van der Waals surface area contributed by atoms with Gasteiger partial charge >= 0.3 is 5.97 Å². The minimum atomic E-state index is -0.980. The average molecular weight is 426 g/mol. The fraction of sp³-hybridized carbons (Fsp3) is 0.350. The number of carboxylic acid groups (broad SMARTS) is 1. The van der Waals surface area contributed by atoms with Crippen molar-refractivity contribution in [2.75, 3.05) is 5.32 Å². The van der Waals surface area contributed by atoms with Gasteiger partial charge in [0.15, 0.2) is 5.78 Å². The lowest BCUT2D eigenvalue weighted by atomic mass is 9.85. The number of aliphatic carboxylic acids is 1. The molecule has 0 bridgehead atoms. The number of benzene rings is 1. The lowest BCUT2D eigenvalue weighted by Crippen LogP contribution is -2.25. The molecular formula is C20H21ClFNO4S. The van der Waals surface area contributed by atoms with Gasteiger partial charge in [-0.2, -0.15) is 0 Å². The minimum Gasteiger partial charge on any atom is -0.481 e. The summed E-state index contributed by atoms with van der Waals surface area (Å²) in [4.78, 5) is 37.1. The summed E-state index contributed by atoms with van der Waals surface area (Å²) >= 11 is 7.06. The Labute approximate surface area is 171 Å². The number of hydrogen-bond donors (Lipinski definition) is 2. The van der Waals surface area contributed by atoms with Crippen molar-refractivity contribution in [2.24, 2.45) is 5.41 Å². The van der Waals surface area contributed by atoms with E-state index in [0.717, 1.165) is 10.9 Å². The fourth-order valence-electron chi connectivity index (χ4n) is 2.75. The van der Waals surface area contributed by atoms with Gasteiger partial charge in [0.2, 0.25) is 5.91 Å². The molecule has 0 atom stereocenters. The van der Waals surface area contributed by atoms with E-state index >= 15 is 0 Å². The first-order chi connectivity index (χ1) is 13.0. The third kappa shape index (κ3) is 5.62. The highest BCUT2D eigenvalue weighted by Crippen LogP contribution is 2.33. The molecule has 2 N–H and O–H groups in total. The molecule has 0 saturated carbocycles. The van der Waals surface area contributed by atoms with Gasteiger partial charge in [-0.05, 0) is 36.1 Å². The zero-order valence-corrected chi connectivity index (χ0v) is 17.3. The third-order valence-corrected chi connectivity index (χ3v) is 5.56. The number of amides is 1. The van der Waals surface area contributed by atoms with Crippen LogP contribution in [0.15, 0.2) is 24.3 Å². The number of thiophene rings is 1. The van der Waals surface area contributed by atoms with Crippen molar-refractivity contribution >= 4 is 45.6 Å². The van der Waals surface area contributed by atoms with Gasteiger partial charge in [0.1, 0.15) is 10.8 Å². The molecule has 5 nitrogen and oxygen atoms in total. The van der Waals surface area contributed by atoms with Crippen molar-refractivity contribution in [3.8, 4) is 0 Å². The van der Waals surface area contributed by atoms with Crippen LogP contribution in [0.25, 0.3) is 0 Å².